The molecular weight excluding hydrogens is 428 g/mol. The molecule has 0 aliphatic carbocycles. The summed E-state index contributed by atoms with van der Waals surface area (Å²) in [4.78, 5) is 29.0. The molecule has 31 heavy (non-hydrogen) atoms. The molecule has 2 aromatic carbocycles. The molecule has 0 heterocycles. The monoisotopic (exact) mass is 460 g/mol. The minimum absolute atomic E-state index is 0.0158. The Labute approximate surface area is 195 Å². The average Bonchev–Trinajstić information content (AvgIpc) is 2.69. The first kappa shape index (κ1) is 25.3. The number of nitrogens with zero attached hydrogens (tertiary/aromatic N) is 1. The van der Waals surface area contributed by atoms with E-state index in [0.717, 1.165) is 10.5 Å². The van der Waals surface area contributed by atoms with Crippen LogP contribution >= 0.6 is 23.4 Å². The van der Waals surface area contributed by atoms with Gasteiger partial charge in [0.15, 0.2) is 0 Å². The van der Waals surface area contributed by atoms with Gasteiger partial charge in [0.05, 0.1) is 0 Å². The maximum absolute atomic E-state index is 13.2. The molecule has 0 unspecified atom stereocenters. The number of halogens is 1. The van der Waals surface area contributed by atoms with E-state index < -0.39 is 6.04 Å². The number of nitrogens with one attached hydrogen (secondary N) is 1. The van der Waals surface area contributed by atoms with Gasteiger partial charge in [-0.25, -0.2) is 0 Å². The first-order valence-corrected chi connectivity index (χ1v) is 12.0. The zero-order chi connectivity index (χ0) is 23.0. The van der Waals surface area contributed by atoms with Gasteiger partial charge in [-0.05, 0) is 63.9 Å². The van der Waals surface area contributed by atoms with E-state index in [2.05, 4.69) is 5.32 Å². The lowest BCUT2D eigenvalue weighted by Crippen LogP contribution is -2.53. The highest BCUT2D eigenvalue weighted by atomic mass is 35.5. The Morgan fingerprint density at radius 2 is 1.68 bits per heavy atom. The molecule has 2 rings (SSSR count). The van der Waals surface area contributed by atoms with Crippen LogP contribution in [0.1, 0.15) is 51.7 Å². The van der Waals surface area contributed by atoms with Crippen LogP contribution < -0.4 is 5.32 Å². The number of amides is 2. The Morgan fingerprint density at radius 3 is 2.23 bits per heavy atom. The lowest BCUT2D eigenvalue weighted by atomic mass is 10.0. The van der Waals surface area contributed by atoms with E-state index in [0.29, 0.717) is 30.2 Å². The first-order chi connectivity index (χ1) is 14.6. The van der Waals surface area contributed by atoms with Gasteiger partial charge in [0.25, 0.3) is 0 Å². The van der Waals surface area contributed by atoms with Crippen LogP contribution in [0.25, 0.3) is 0 Å². The largest absolute Gasteiger partial charge is 0.350 e. The van der Waals surface area contributed by atoms with E-state index in [1.165, 1.54) is 5.56 Å². The fourth-order valence-electron chi connectivity index (χ4n) is 3.19. The Kier molecular flexibility index (Phi) is 9.45. The zero-order valence-electron chi connectivity index (χ0n) is 19.1. The first-order valence-electron chi connectivity index (χ1n) is 10.6. The molecule has 4 nitrogen and oxygen atoms in total. The van der Waals surface area contributed by atoms with E-state index in [4.69, 9.17) is 11.6 Å². The van der Waals surface area contributed by atoms with Gasteiger partial charge in [-0.15, -0.1) is 11.8 Å². The molecule has 6 heteroatoms. The van der Waals surface area contributed by atoms with Crippen molar-refractivity contribution in [3.05, 3.63) is 64.7 Å². The van der Waals surface area contributed by atoms with Gasteiger partial charge in [-0.1, -0.05) is 48.4 Å². The summed E-state index contributed by atoms with van der Waals surface area (Å²) < 4.78 is 0. The second kappa shape index (κ2) is 11.6. The summed E-state index contributed by atoms with van der Waals surface area (Å²) in [6.07, 6.45) is 0.919. The van der Waals surface area contributed by atoms with Crippen LogP contribution in [0.5, 0.6) is 0 Å². The summed E-state index contributed by atoms with van der Waals surface area (Å²) in [5.41, 5.74) is 1.83. The van der Waals surface area contributed by atoms with Crippen LogP contribution in [-0.4, -0.2) is 34.0 Å². The van der Waals surface area contributed by atoms with Crippen molar-refractivity contribution < 1.29 is 9.59 Å². The minimum atomic E-state index is -0.506. The van der Waals surface area contributed by atoms with Crippen LogP contribution in [0.4, 0.5) is 0 Å². The molecule has 0 saturated carbocycles. The molecule has 0 saturated heterocycles. The molecule has 0 spiro atoms. The predicted molar refractivity (Wildman–Crippen MR) is 130 cm³/mol. The summed E-state index contributed by atoms with van der Waals surface area (Å²) in [6.45, 7) is 10.3. The van der Waals surface area contributed by atoms with Crippen molar-refractivity contribution in [2.75, 3.05) is 5.75 Å². The fourth-order valence-corrected chi connectivity index (χ4v) is 4.16. The third kappa shape index (κ3) is 8.58. The minimum Gasteiger partial charge on any atom is -0.350 e. The van der Waals surface area contributed by atoms with Gasteiger partial charge in [0, 0.05) is 34.2 Å². The molecule has 1 N–H and O–H groups in total. The summed E-state index contributed by atoms with van der Waals surface area (Å²) >= 11 is 7.56. The number of benzene rings is 2. The van der Waals surface area contributed by atoms with Crippen molar-refractivity contribution in [2.24, 2.45) is 0 Å². The Bertz CT molecular complexity index is 861. The number of hydrogen-bond donors (Lipinski definition) is 1. The van der Waals surface area contributed by atoms with Crippen molar-refractivity contribution in [1.29, 1.82) is 0 Å². The summed E-state index contributed by atoms with van der Waals surface area (Å²) in [5, 5.41) is 3.73. The molecule has 1 atom stereocenters. The molecule has 2 aromatic rings. The molecular formula is C25H33ClN2O2S. The summed E-state index contributed by atoms with van der Waals surface area (Å²) in [7, 11) is 0. The number of hydrogen-bond acceptors (Lipinski definition) is 3. The molecule has 2 amide bonds. The number of carbonyl (C=O) groups is 2. The molecule has 0 aliphatic heterocycles. The van der Waals surface area contributed by atoms with Gasteiger partial charge in [0.2, 0.25) is 11.8 Å². The number of carbonyl (C=O) groups excluding carboxylic acids is 2. The van der Waals surface area contributed by atoms with Crippen molar-refractivity contribution in [2.45, 2.75) is 70.5 Å². The van der Waals surface area contributed by atoms with Gasteiger partial charge in [-0.3, -0.25) is 9.59 Å². The third-order valence-electron chi connectivity index (χ3n) is 4.76. The predicted octanol–water partition coefficient (Wildman–Crippen LogP) is 5.85. The van der Waals surface area contributed by atoms with E-state index in [1.54, 1.807) is 16.7 Å². The van der Waals surface area contributed by atoms with E-state index >= 15 is 0 Å². The van der Waals surface area contributed by atoms with E-state index in [9.17, 15) is 9.59 Å². The normalized spacial score (nSPS) is 12.3. The van der Waals surface area contributed by atoms with Crippen LogP contribution in [0.15, 0.2) is 53.4 Å². The standard InChI is InChI=1S/C25H33ClN2O2S/c1-6-22(24(30)27-25(3,4)5)28(17-19-9-7-18(2)8-10-19)23(29)15-16-31-21-13-11-20(26)12-14-21/h7-14,22H,6,15-17H2,1-5H3,(H,27,30)/t22-/m0/s1. The van der Waals surface area contributed by atoms with Crippen LogP contribution in [0.3, 0.4) is 0 Å². The van der Waals surface area contributed by atoms with Crippen LogP contribution in [-0.2, 0) is 16.1 Å². The highest BCUT2D eigenvalue weighted by Gasteiger charge is 2.30. The van der Waals surface area contributed by atoms with Crippen molar-refractivity contribution in [1.82, 2.24) is 10.2 Å². The quantitative estimate of drug-likeness (QED) is 0.477. The second-order valence-corrected chi connectivity index (χ2v) is 10.3. The highest BCUT2D eigenvalue weighted by Crippen LogP contribution is 2.22. The lowest BCUT2D eigenvalue weighted by molar-refractivity contribution is -0.141. The molecule has 0 fully saturated rings. The maximum Gasteiger partial charge on any atom is 0.243 e. The Hall–Kier alpha value is -1.98. The maximum atomic E-state index is 13.2. The van der Waals surface area contributed by atoms with Gasteiger partial charge >= 0.3 is 0 Å². The number of thioether (sulfide) groups is 1. The molecule has 168 valence electrons. The van der Waals surface area contributed by atoms with Gasteiger partial charge < -0.3 is 10.2 Å². The molecule has 0 aromatic heterocycles. The van der Waals surface area contributed by atoms with Gasteiger partial charge in [0.1, 0.15) is 6.04 Å². The van der Waals surface area contributed by atoms with Crippen molar-refractivity contribution in [3.8, 4) is 0 Å². The topological polar surface area (TPSA) is 49.4 Å². The van der Waals surface area contributed by atoms with Crippen LogP contribution in [0, 0.1) is 6.92 Å². The average molecular weight is 461 g/mol. The van der Waals surface area contributed by atoms with E-state index in [1.807, 2.05) is 83.1 Å². The fraction of sp³-hybridized carbons (Fsp3) is 0.440. The highest BCUT2D eigenvalue weighted by molar-refractivity contribution is 7.99. The SMILES string of the molecule is CC[C@@H](C(=O)NC(C)(C)C)N(Cc1ccc(C)cc1)C(=O)CCSc1ccc(Cl)cc1. The Balaban J connectivity index is 2.14. The third-order valence-corrected chi connectivity index (χ3v) is 6.02. The summed E-state index contributed by atoms with van der Waals surface area (Å²) in [5.74, 6) is 0.515. The van der Waals surface area contributed by atoms with Gasteiger partial charge in [-0.2, -0.15) is 0 Å². The second-order valence-electron chi connectivity index (χ2n) is 8.72. The lowest BCUT2D eigenvalue weighted by Gasteiger charge is -2.33. The van der Waals surface area contributed by atoms with Crippen molar-refractivity contribution in [3.63, 3.8) is 0 Å². The van der Waals surface area contributed by atoms with Crippen LogP contribution in [0.2, 0.25) is 5.02 Å². The number of aryl methyl sites for hydroxylation is 1. The van der Waals surface area contributed by atoms with E-state index in [-0.39, 0.29) is 17.4 Å². The summed E-state index contributed by atoms with van der Waals surface area (Å²) in [6, 6.07) is 15.2. The molecule has 0 bridgehead atoms. The number of rotatable bonds is 9. The zero-order valence-corrected chi connectivity index (χ0v) is 20.6. The Morgan fingerprint density at radius 1 is 1.06 bits per heavy atom. The smallest absolute Gasteiger partial charge is 0.243 e. The molecule has 0 radical (unpaired) electrons. The van der Waals surface area contributed by atoms with Crippen molar-refractivity contribution >= 4 is 35.2 Å². The molecule has 0 aliphatic rings.